The fourth-order valence-corrected chi connectivity index (χ4v) is 2.52. The molecule has 4 nitrogen and oxygen atoms in total. The van der Waals surface area contributed by atoms with Gasteiger partial charge in [-0.25, -0.2) is 0 Å². The average molecular weight is 305 g/mol. The van der Waals surface area contributed by atoms with Crippen molar-refractivity contribution in [2.24, 2.45) is 0 Å². The molecular weight excluding hydrogens is 277 g/mol. The first-order valence-electron chi connectivity index (χ1n) is 8.14. The van der Waals surface area contributed by atoms with Crippen molar-refractivity contribution in [3.05, 3.63) is 24.3 Å². The minimum Gasteiger partial charge on any atom is -0.423 e. The van der Waals surface area contributed by atoms with Crippen LogP contribution in [0.4, 0.5) is 5.69 Å². The second-order valence-corrected chi connectivity index (χ2v) is 7.18. The molecule has 1 saturated heterocycles. The number of piperidine rings is 1. The lowest BCUT2D eigenvalue weighted by Gasteiger charge is -2.38. The van der Waals surface area contributed by atoms with E-state index < -0.39 is 18.3 Å². The Hall–Kier alpha value is -1.04. The number of hydrogen-bond acceptors (Lipinski definition) is 4. The van der Waals surface area contributed by atoms with Crippen molar-refractivity contribution < 1.29 is 14.8 Å². The molecule has 0 aliphatic carbocycles. The lowest BCUT2D eigenvalue weighted by atomic mass is 9.76. The molecule has 22 heavy (non-hydrogen) atoms. The Kier molecular flexibility index (Phi) is 5.20. The first-order valence-corrected chi connectivity index (χ1v) is 8.14. The van der Waals surface area contributed by atoms with E-state index in [1.165, 1.54) is 19.3 Å². The number of rotatable bonds is 5. The van der Waals surface area contributed by atoms with Gasteiger partial charge in [-0.15, -0.1) is 0 Å². The summed E-state index contributed by atoms with van der Waals surface area (Å²) in [6, 6.07) is 7.86. The van der Waals surface area contributed by atoms with Gasteiger partial charge in [-0.3, -0.25) is 0 Å². The number of aliphatic hydroxyl groups is 1. The number of hydrogen-bond donors (Lipinski definition) is 2. The van der Waals surface area contributed by atoms with Crippen LogP contribution >= 0.6 is 0 Å². The predicted molar refractivity (Wildman–Crippen MR) is 91.6 cm³/mol. The second kappa shape index (κ2) is 6.61. The molecule has 0 radical (unpaired) electrons. The van der Waals surface area contributed by atoms with Crippen molar-refractivity contribution in [1.29, 1.82) is 0 Å². The Morgan fingerprint density at radius 3 is 2.32 bits per heavy atom. The molecule has 0 bridgehead atoms. The highest BCUT2D eigenvalue weighted by atomic mass is 16.5. The summed E-state index contributed by atoms with van der Waals surface area (Å²) in [5.41, 5.74) is -0.0484. The highest BCUT2D eigenvalue weighted by molar-refractivity contribution is 6.60. The van der Waals surface area contributed by atoms with Gasteiger partial charge >= 0.3 is 7.12 Å². The van der Waals surface area contributed by atoms with Gasteiger partial charge in [0.15, 0.2) is 0 Å². The maximum atomic E-state index is 10.4. The van der Waals surface area contributed by atoms with Crippen molar-refractivity contribution in [2.45, 2.75) is 58.2 Å². The third-order valence-corrected chi connectivity index (χ3v) is 4.76. The van der Waals surface area contributed by atoms with Gasteiger partial charge in [0.05, 0.1) is 11.2 Å². The maximum Gasteiger partial charge on any atom is 0.491 e. The zero-order chi connectivity index (χ0) is 16.4. The van der Waals surface area contributed by atoms with Gasteiger partial charge in [-0.2, -0.15) is 0 Å². The quantitative estimate of drug-likeness (QED) is 0.816. The monoisotopic (exact) mass is 305 g/mol. The van der Waals surface area contributed by atoms with Crippen LogP contribution in [0, 0.1) is 0 Å². The fourth-order valence-electron chi connectivity index (χ4n) is 2.52. The van der Waals surface area contributed by atoms with Gasteiger partial charge in [0.1, 0.15) is 0 Å². The smallest absolute Gasteiger partial charge is 0.423 e. The van der Waals surface area contributed by atoms with E-state index in [1.807, 2.05) is 18.2 Å². The van der Waals surface area contributed by atoms with Crippen LogP contribution in [0.25, 0.3) is 0 Å². The summed E-state index contributed by atoms with van der Waals surface area (Å²) in [6.45, 7) is 9.06. The van der Waals surface area contributed by atoms with Crippen molar-refractivity contribution in [1.82, 2.24) is 0 Å². The van der Waals surface area contributed by atoms with E-state index >= 15 is 0 Å². The summed E-state index contributed by atoms with van der Waals surface area (Å²) >= 11 is 0. The van der Waals surface area contributed by atoms with Crippen molar-refractivity contribution in [3.8, 4) is 0 Å². The predicted octanol–water partition coefficient (Wildman–Crippen LogP) is 1.93. The zero-order valence-electron chi connectivity index (χ0n) is 14.2. The summed E-state index contributed by atoms with van der Waals surface area (Å²) in [4.78, 5) is 2.35. The molecule has 1 aliphatic heterocycles. The van der Waals surface area contributed by atoms with Crippen LogP contribution in [0.2, 0.25) is 0 Å². The van der Waals surface area contributed by atoms with Crippen LogP contribution in [-0.4, -0.2) is 41.5 Å². The molecule has 0 aromatic heterocycles. The molecule has 122 valence electrons. The van der Waals surface area contributed by atoms with E-state index in [2.05, 4.69) is 11.0 Å². The first-order chi connectivity index (χ1) is 10.2. The summed E-state index contributed by atoms with van der Waals surface area (Å²) in [5.74, 6) is 0. The van der Waals surface area contributed by atoms with E-state index in [-0.39, 0.29) is 0 Å². The largest absolute Gasteiger partial charge is 0.491 e. The van der Waals surface area contributed by atoms with Gasteiger partial charge in [0.2, 0.25) is 0 Å². The van der Waals surface area contributed by atoms with E-state index in [9.17, 15) is 10.1 Å². The Bertz CT molecular complexity index is 493. The van der Waals surface area contributed by atoms with Gasteiger partial charge in [-0.1, -0.05) is 12.1 Å². The minimum atomic E-state index is -1.05. The third kappa shape index (κ3) is 4.03. The van der Waals surface area contributed by atoms with Crippen LogP contribution in [0.1, 0.15) is 47.0 Å². The van der Waals surface area contributed by atoms with Gasteiger partial charge in [0.25, 0.3) is 0 Å². The Labute approximate surface area is 134 Å². The SMILES string of the molecule is CC(C)(O)C(C)(C)OB(O)c1cccc(N2CCCCC2)c1. The molecule has 0 atom stereocenters. The summed E-state index contributed by atoms with van der Waals surface area (Å²) in [7, 11) is -1.05. The Morgan fingerprint density at radius 1 is 1.09 bits per heavy atom. The van der Waals surface area contributed by atoms with Gasteiger partial charge in [-0.05, 0) is 64.6 Å². The van der Waals surface area contributed by atoms with Crippen LogP contribution in [0.5, 0.6) is 0 Å². The molecule has 1 aromatic rings. The summed E-state index contributed by atoms with van der Waals surface area (Å²) in [6.07, 6.45) is 3.73. The summed E-state index contributed by atoms with van der Waals surface area (Å²) < 4.78 is 5.72. The molecule has 0 saturated carbocycles. The first kappa shape index (κ1) is 17.3. The standard InChI is InChI=1S/C17H28BNO3/c1-16(2,20)17(3,4)22-18(21)14-9-8-10-15(13-14)19-11-6-5-7-12-19/h8-10,13,20-21H,5-7,11-12H2,1-4H3. The Balaban J connectivity index is 2.11. The van der Waals surface area contributed by atoms with Crippen molar-refractivity contribution in [2.75, 3.05) is 18.0 Å². The molecule has 2 N–H and O–H groups in total. The van der Waals surface area contributed by atoms with Crippen LogP contribution in [0.3, 0.4) is 0 Å². The highest BCUT2D eigenvalue weighted by Crippen LogP contribution is 2.25. The fraction of sp³-hybridized carbons (Fsp3) is 0.647. The van der Waals surface area contributed by atoms with E-state index in [0.29, 0.717) is 0 Å². The molecule has 5 heteroatoms. The second-order valence-electron chi connectivity index (χ2n) is 7.18. The molecule has 1 heterocycles. The van der Waals surface area contributed by atoms with Crippen LogP contribution < -0.4 is 10.4 Å². The molecular formula is C17H28BNO3. The maximum absolute atomic E-state index is 10.4. The van der Waals surface area contributed by atoms with E-state index in [1.54, 1.807) is 27.7 Å². The van der Waals surface area contributed by atoms with Gasteiger partial charge < -0.3 is 19.7 Å². The van der Waals surface area contributed by atoms with Crippen molar-refractivity contribution >= 4 is 18.3 Å². The normalized spacial score (nSPS) is 16.7. The summed E-state index contributed by atoms with van der Waals surface area (Å²) in [5, 5.41) is 20.5. The topological polar surface area (TPSA) is 52.9 Å². The zero-order valence-corrected chi connectivity index (χ0v) is 14.2. The third-order valence-electron chi connectivity index (χ3n) is 4.76. The molecule has 2 rings (SSSR count). The lowest BCUT2D eigenvalue weighted by Crippen LogP contribution is -2.53. The Morgan fingerprint density at radius 2 is 1.73 bits per heavy atom. The minimum absolute atomic E-state index is 0.723. The molecule has 1 fully saturated rings. The molecule has 1 aromatic carbocycles. The average Bonchev–Trinajstić information content (AvgIpc) is 2.47. The molecule has 1 aliphatic rings. The van der Waals surface area contributed by atoms with E-state index in [0.717, 1.165) is 24.2 Å². The van der Waals surface area contributed by atoms with Crippen molar-refractivity contribution in [3.63, 3.8) is 0 Å². The number of anilines is 1. The van der Waals surface area contributed by atoms with Gasteiger partial charge in [0, 0.05) is 18.8 Å². The lowest BCUT2D eigenvalue weighted by molar-refractivity contribution is -0.0982. The van der Waals surface area contributed by atoms with Crippen LogP contribution in [-0.2, 0) is 4.65 Å². The number of benzene rings is 1. The number of nitrogens with zero attached hydrogens (tertiary/aromatic N) is 1. The molecule has 0 unspecified atom stereocenters. The molecule has 0 spiro atoms. The molecule has 0 amide bonds. The van der Waals surface area contributed by atoms with E-state index in [4.69, 9.17) is 4.65 Å². The van der Waals surface area contributed by atoms with Crippen LogP contribution in [0.15, 0.2) is 24.3 Å². The highest BCUT2D eigenvalue weighted by Gasteiger charge is 2.39.